The first kappa shape index (κ1) is 25.4. The van der Waals surface area contributed by atoms with Crippen molar-refractivity contribution in [2.24, 2.45) is 0 Å². The molecule has 0 aliphatic rings. The van der Waals surface area contributed by atoms with Crippen LogP contribution in [0.25, 0.3) is 22.2 Å². The number of para-hydroxylation sites is 1. The number of H-pyrrole nitrogens is 1. The Morgan fingerprint density at radius 3 is 2.49 bits per heavy atom. The molecule has 3 aromatic carbocycles. The van der Waals surface area contributed by atoms with Crippen LogP contribution in [0.5, 0.6) is 0 Å². The standard InChI is InChI=1S/C29H25N5O5/c1-29(15-21-16-30-24-10-6-5-9-23(21)24,27(36)31-17-26(35)20-7-3-2-4-8-20)33-28-32-25(18-39-28)19-11-13-22(14-12-19)34(37)38/h2-14,16,18,30H,15,17H2,1H3,(H,31,36)(H,32,33). The summed E-state index contributed by atoms with van der Waals surface area (Å²) in [5.74, 6) is -0.623. The highest BCUT2D eigenvalue weighted by Crippen LogP contribution is 2.28. The van der Waals surface area contributed by atoms with E-state index in [-0.39, 0.29) is 30.5 Å². The first-order valence-corrected chi connectivity index (χ1v) is 12.2. The molecule has 0 radical (unpaired) electrons. The molecule has 196 valence electrons. The van der Waals surface area contributed by atoms with Gasteiger partial charge in [-0.3, -0.25) is 19.7 Å². The van der Waals surface area contributed by atoms with E-state index in [0.29, 0.717) is 16.8 Å². The minimum Gasteiger partial charge on any atom is -0.431 e. The minimum absolute atomic E-state index is 0.0337. The van der Waals surface area contributed by atoms with Crippen LogP contribution in [0.4, 0.5) is 11.7 Å². The second-order valence-electron chi connectivity index (χ2n) is 9.31. The molecule has 0 spiro atoms. The van der Waals surface area contributed by atoms with Crippen LogP contribution >= 0.6 is 0 Å². The lowest BCUT2D eigenvalue weighted by molar-refractivity contribution is -0.384. The summed E-state index contributed by atoms with van der Waals surface area (Å²) in [6.07, 6.45) is 3.52. The van der Waals surface area contributed by atoms with Crippen molar-refractivity contribution in [3.63, 3.8) is 0 Å². The van der Waals surface area contributed by atoms with E-state index in [9.17, 15) is 19.7 Å². The number of nitro groups is 1. The lowest BCUT2D eigenvalue weighted by atomic mass is 9.91. The summed E-state index contributed by atoms with van der Waals surface area (Å²) in [7, 11) is 0. The Balaban J connectivity index is 1.39. The minimum atomic E-state index is -1.25. The molecule has 1 unspecified atom stereocenters. The first-order chi connectivity index (χ1) is 18.8. The van der Waals surface area contributed by atoms with Crippen LogP contribution in [0, 0.1) is 10.1 Å². The Labute approximate surface area is 223 Å². The largest absolute Gasteiger partial charge is 0.431 e. The fourth-order valence-corrected chi connectivity index (χ4v) is 4.38. The van der Waals surface area contributed by atoms with E-state index in [1.54, 1.807) is 43.3 Å². The van der Waals surface area contributed by atoms with Gasteiger partial charge in [0.2, 0.25) is 5.91 Å². The zero-order valence-electron chi connectivity index (χ0n) is 21.0. The number of nitro benzene ring substituents is 1. The number of anilines is 1. The Hall–Kier alpha value is -5.25. The second-order valence-corrected chi connectivity index (χ2v) is 9.31. The second kappa shape index (κ2) is 10.6. The number of Topliss-reactive ketones (excluding diaryl/α,β-unsaturated/α-hetero) is 1. The van der Waals surface area contributed by atoms with Gasteiger partial charge in [0.25, 0.3) is 11.7 Å². The summed E-state index contributed by atoms with van der Waals surface area (Å²) in [5.41, 5.74) is 2.12. The van der Waals surface area contributed by atoms with E-state index < -0.39 is 16.4 Å². The van der Waals surface area contributed by atoms with E-state index in [0.717, 1.165) is 16.5 Å². The number of rotatable bonds is 10. The maximum Gasteiger partial charge on any atom is 0.295 e. The molecule has 10 heteroatoms. The van der Waals surface area contributed by atoms with Crippen LogP contribution in [0.15, 0.2) is 95.7 Å². The number of carbonyl (C=O) groups is 2. The van der Waals surface area contributed by atoms with Crippen molar-refractivity contribution >= 4 is 34.3 Å². The third-order valence-corrected chi connectivity index (χ3v) is 6.49. The molecular formula is C29H25N5O5. The topological polar surface area (TPSA) is 143 Å². The van der Waals surface area contributed by atoms with Gasteiger partial charge in [-0.15, -0.1) is 0 Å². The number of hydrogen-bond donors (Lipinski definition) is 3. The van der Waals surface area contributed by atoms with Crippen LogP contribution in [-0.4, -0.2) is 38.7 Å². The van der Waals surface area contributed by atoms with Crippen molar-refractivity contribution in [2.75, 3.05) is 11.9 Å². The third kappa shape index (κ3) is 5.54. The average Bonchev–Trinajstić information content (AvgIpc) is 3.59. The number of nitrogens with one attached hydrogen (secondary N) is 3. The Morgan fingerprint density at radius 1 is 1.03 bits per heavy atom. The molecule has 39 heavy (non-hydrogen) atoms. The summed E-state index contributed by atoms with van der Waals surface area (Å²) >= 11 is 0. The number of aromatic nitrogens is 2. The summed E-state index contributed by atoms with van der Waals surface area (Å²) < 4.78 is 5.63. The number of aromatic amines is 1. The molecule has 0 saturated carbocycles. The van der Waals surface area contributed by atoms with Crippen molar-refractivity contribution in [1.29, 1.82) is 0 Å². The van der Waals surface area contributed by atoms with Crippen molar-refractivity contribution in [2.45, 2.75) is 18.9 Å². The van der Waals surface area contributed by atoms with Crippen LogP contribution in [0.2, 0.25) is 0 Å². The zero-order valence-corrected chi connectivity index (χ0v) is 21.0. The van der Waals surface area contributed by atoms with Gasteiger partial charge < -0.3 is 20.0 Å². The van der Waals surface area contributed by atoms with Crippen molar-refractivity contribution in [1.82, 2.24) is 15.3 Å². The van der Waals surface area contributed by atoms with Gasteiger partial charge >= 0.3 is 0 Å². The average molecular weight is 524 g/mol. The third-order valence-electron chi connectivity index (χ3n) is 6.49. The molecule has 0 bridgehead atoms. The lowest BCUT2D eigenvalue weighted by Crippen LogP contribution is -2.53. The molecule has 0 saturated heterocycles. The Kier molecular flexibility index (Phi) is 6.92. The van der Waals surface area contributed by atoms with Gasteiger partial charge in [0, 0.05) is 46.8 Å². The van der Waals surface area contributed by atoms with E-state index in [1.165, 1.54) is 18.4 Å². The predicted octanol–water partition coefficient (Wildman–Crippen LogP) is 5.14. The number of benzene rings is 3. The van der Waals surface area contributed by atoms with Gasteiger partial charge in [-0.1, -0.05) is 48.5 Å². The van der Waals surface area contributed by atoms with E-state index >= 15 is 0 Å². The number of amides is 1. The normalized spacial score (nSPS) is 12.5. The molecule has 0 fully saturated rings. The molecule has 5 rings (SSSR count). The zero-order chi connectivity index (χ0) is 27.4. The van der Waals surface area contributed by atoms with Crippen LogP contribution in [0.1, 0.15) is 22.8 Å². The summed E-state index contributed by atoms with van der Waals surface area (Å²) in [6.45, 7) is 1.54. The van der Waals surface area contributed by atoms with Gasteiger partial charge in [-0.05, 0) is 30.7 Å². The van der Waals surface area contributed by atoms with Gasteiger partial charge in [0.15, 0.2) is 5.78 Å². The van der Waals surface area contributed by atoms with Gasteiger partial charge in [-0.25, -0.2) is 0 Å². The summed E-state index contributed by atoms with van der Waals surface area (Å²) in [4.78, 5) is 44.4. The highest BCUT2D eigenvalue weighted by molar-refractivity contribution is 6.00. The molecule has 1 atom stereocenters. The number of carbonyl (C=O) groups excluding carboxylic acids is 2. The van der Waals surface area contributed by atoms with Crippen LogP contribution in [0.3, 0.4) is 0 Å². The fourth-order valence-electron chi connectivity index (χ4n) is 4.38. The summed E-state index contributed by atoms with van der Waals surface area (Å²) in [5, 5.41) is 17.8. The number of nitrogens with zero attached hydrogens (tertiary/aromatic N) is 2. The Bertz CT molecular complexity index is 1640. The predicted molar refractivity (Wildman–Crippen MR) is 146 cm³/mol. The maximum absolute atomic E-state index is 13.6. The molecule has 10 nitrogen and oxygen atoms in total. The number of oxazole rings is 1. The van der Waals surface area contributed by atoms with E-state index in [2.05, 4.69) is 20.6 Å². The fraction of sp³-hybridized carbons (Fsp3) is 0.138. The smallest absolute Gasteiger partial charge is 0.295 e. The quantitative estimate of drug-likeness (QED) is 0.131. The Morgan fingerprint density at radius 2 is 1.74 bits per heavy atom. The molecule has 5 aromatic rings. The molecular weight excluding hydrogens is 498 g/mol. The van der Waals surface area contributed by atoms with Crippen molar-refractivity contribution in [3.8, 4) is 11.3 Å². The molecule has 0 aliphatic heterocycles. The van der Waals surface area contributed by atoms with Gasteiger partial charge in [-0.2, -0.15) is 4.98 Å². The molecule has 1 amide bonds. The van der Waals surface area contributed by atoms with Crippen molar-refractivity contribution < 1.29 is 18.9 Å². The SMILES string of the molecule is CC(Cc1c[nH]c2ccccc12)(Nc1nc(-c2ccc([N+](=O)[O-])cc2)co1)C(=O)NCC(=O)c1ccccc1. The molecule has 3 N–H and O–H groups in total. The van der Waals surface area contributed by atoms with Crippen LogP contribution in [-0.2, 0) is 11.2 Å². The molecule has 0 aliphatic carbocycles. The summed E-state index contributed by atoms with van der Waals surface area (Å²) in [6, 6.07) is 22.5. The van der Waals surface area contributed by atoms with Crippen LogP contribution < -0.4 is 10.6 Å². The first-order valence-electron chi connectivity index (χ1n) is 12.2. The lowest BCUT2D eigenvalue weighted by Gasteiger charge is -2.28. The number of non-ortho nitro benzene ring substituents is 1. The van der Waals surface area contributed by atoms with Gasteiger partial charge in [0.05, 0.1) is 11.5 Å². The van der Waals surface area contributed by atoms with Crippen molar-refractivity contribution in [3.05, 3.63) is 113 Å². The number of fused-ring (bicyclic) bond motifs is 1. The molecule has 2 heterocycles. The highest BCUT2D eigenvalue weighted by Gasteiger charge is 2.36. The number of hydrogen-bond acceptors (Lipinski definition) is 7. The van der Waals surface area contributed by atoms with Gasteiger partial charge in [0.1, 0.15) is 17.5 Å². The highest BCUT2D eigenvalue weighted by atomic mass is 16.6. The molecule has 2 aromatic heterocycles. The monoisotopic (exact) mass is 523 g/mol. The number of ketones is 1. The van der Waals surface area contributed by atoms with E-state index in [1.807, 2.05) is 36.5 Å². The maximum atomic E-state index is 13.6. The van der Waals surface area contributed by atoms with E-state index in [4.69, 9.17) is 4.42 Å².